The fourth-order valence-electron chi connectivity index (χ4n) is 7.57. The monoisotopic (exact) mass is 614 g/mol. The van der Waals surface area contributed by atoms with Crippen molar-refractivity contribution in [2.75, 3.05) is 9.80 Å². The molecule has 5 aromatic rings. The van der Waals surface area contributed by atoms with E-state index in [9.17, 15) is 0 Å². The van der Waals surface area contributed by atoms with Crippen LogP contribution in [0.15, 0.2) is 151 Å². The Kier molecular flexibility index (Phi) is 8.85. The highest BCUT2D eigenvalue weighted by molar-refractivity contribution is 5.77. The second-order valence-corrected chi connectivity index (χ2v) is 13.6. The first-order chi connectivity index (χ1) is 23.0. The van der Waals surface area contributed by atoms with Gasteiger partial charge in [0.05, 0.1) is 0 Å². The molecule has 0 aliphatic heterocycles. The molecule has 236 valence electrons. The van der Waals surface area contributed by atoms with Gasteiger partial charge in [-0.2, -0.15) is 0 Å². The molecule has 0 aromatic heterocycles. The summed E-state index contributed by atoms with van der Waals surface area (Å²) in [6, 6.07) is 47.5. The number of benzene rings is 5. The summed E-state index contributed by atoms with van der Waals surface area (Å²) >= 11 is 0. The minimum Gasteiger partial charge on any atom is -0.314 e. The molecule has 1 fully saturated rings. The molecule has 0 spiro atoms. The van der Waals surface area contributed by atoms with Gasteiger partial charge in [0.2, 0.25) is 0 Å². The molecule has 2 aliphatic carbocycles. The smallest absolute Gasteiger partial charge is 0.0461 e. The Morgan fingerprint density at radius 2 is 0.872 bits per heavy atom. The predicted octanol–water partition coefficient (Wildman–Crippen LogP) is 12.8. The minimum absolute atomic E-state index is 0.0232. The summed E-state index contributed by atoms with van der Waals surface area (Å²) in [5, 5.41) is 0. The van der Waals surface area contributed by atoms with Gasteiger partial charge in [-0.1, -0.05) is 109 Å². The van der Waals surface area contributed by atoms with Crippen LogP contribution in [0.5, 0.6) is 0 Å². The van der Waals surface area contributed by atoms with Crippen LogP contribution in [0.3, 0.4) is 0 Å². The van der Waals surface area contributed by atoms with E-state index in [2.05, 4.69) is 170 Å². The molecule has 0 heterocycles. The number of para-hydroxylation sites is 1. The third-order valence-electron chi connectivity index (χ3n) is 10.3. The van der Waals surface area contributed by atoms with Crippen molar-refractivity contribution in [3.63, 3.8) is 0 Å². The molecular weight excluding hydrogens is 569 g/mol. The Morgan fingerprint density at radius 1 is 0.426 bits per heavy atom. The van der Waals surface area contributed by atoms with Gasteiger partial charge in [-0.3, -0.25) is 0 Å². The molecule has 47 heavy (non-hydrogen) atoms. The first-order valence-corrected chi connectivity index (χ1v) is 17.4. The van der Waals surface area contributed by atoms with Crippen molar-refractivity contribution < 1.29 is 0 Å². The van der Waals surface area contributed by atoms with Crippen LogP contribution in [-0.2, 0) is 5.41 Å². The summed E-state index contributed by atoms with van der Waals surface area (Å²) in [6.45, 7) is 6.54. The molecule has 0 amide bonds. The zero-order chi connectivity index (χ0) is 32.2. The molecule has 0 radical (unpaired) electrons. The second-order valence-electron chi connectivity index (χ2n) is 13.6. The highest BCUT2D eigenvalue weighted by Gasteiger charge is 2.36. The van der Waals surface area contributed by atoms with Gasteiger partial charge >= 0.3 is 0 Å². The van der Waals surface area contributed by atoms with Crippen LogP contribution < -0.4 is 9.80 Å². The topological polar surface area (TPSA) is 6.48 Å². The van der Waals surface area contributed by atoms with E-state index in [0.717, 1.165) is 12.8 Å². The van der Waals surface area contributed by atoms with Crippen molar-refractivity contribution >= 4 is 28.4 Å². The molecule has 2 heteroatoms. The van der Waals surface area contributed by atoms with Gasteiger partial charge in [-0.15, -0.1) is 0 Å². The standard InChI is InChI=1S/C45H46N2/c1-34-12-22-40(23-13-34)46(39-10-6-4-7-11-39)43-28-18-37(19-29-43)45(32-8-5-9-33-45)38-20-30-44(31-21-38)47(41-24-14-35(2)15-25-41)42-26-16-36(3)17-27-42/h4,6-7,10-16,18-26,28-31H,5,8-9,17,27,32-33H2,1-3H3. The molecule has 1 saturated carbocycles. The first kappa shape index (κ1) is 30.8. The summed E-state index contributed by atoms with van der Waals surface area (Å²) in [5.41, 5.74) is 14.2. The van der Waals surface area contributed by atoms with Crippen LogP contribution >= 0.6 is 0 Å². The van der Waals surface area contributed by atoms with E-state index in [4.69, 9.17) is 0 Å². The van der Waals surface area contributed by atoms with Crippen LogP contribution in [0, 0.1) is 13.8 Å². The summed E-state index contributed by atoms with van der Waals surface area (Å²) < 4.78 is 0. The normalized spacial score (nSPS) is 15.8. The minimum atomic E-state index is 0.0232. The van der Waals surface area contributed by atoms with Crippen LogP contribution in [0.25, 0.3) is 0 Å². The lowest BCUT2D eigenvalue weighted by Gasteiger charge is -2.39. The predicted molar refractivity (Wildman–Crippen MR) is 201 cm³/mol. The van der Waals surface area contributed by atoms with Gasteiger partial charge in [-0.25, -0.2) is 0 Å². The fourth-order valence-corrected chi connectivity index (χ4v) is 7.57. The average molecular weight is 615 g/mol. The molecule has 0 saturated heterocycles. The lowest BCUT2D eigenvalue weighted by molar-refractivity contribution is 0.346. The first-order valence-electron chi connectivity index (χ1n) is 17.4. The van der Waals surface area contributed by atoms with Crippen molar-refractivity contribution in [1.82, 2.24) is 0 Å². The Hall–Kier alpha value is -4.82. The number of rotatable bonds is 8. The van der Waals surface area contributed by atoms with E-state index >= 15 is 0 Å². The van der Waals surface area contributed by atoms with Gasteiger partial charge in [0.25, 0.3) is 0 Å². The van der Waals surface area contributed by atoms with E-state index in [1.807, 2.05) is 0 Å². The molecule has 2 nitrogen and oxygen atoms in total. The second kappa shape index (κ2) is 13.5. The fraction of sp³-hybridized carbons (Fsp3) is 0.244. The Labute approximate surface area is 281 Å². The van der Waals surface area contributed by atoms with Gasteiger partial charge in [-0.05, 0) is 124 Å². The maximum absolute atomic E-state index is 2.46. The Bertz CT molecular complexity index is 1840. The number of anilines is 5. The van der Waals surface area contributed by atoms with E-state index in [1.54, 1.807) is 0 Å². The van der Waals surface area contributed by atoms with Crippen molar-refractivity contribution in [3.8, 4) is 0 Å². The number of hydrogen-bond acceptors (Lipinski definition) is 2. The Morgan fingerprint density at radius 3 is 1.34 bits per heavy atom. The van der Waals surface area contributed by atoms with Crippen LogP contribution in [-0.4, -0.2) is 0 Å². The quantitative estimate of drug-likeness (QED) is 0.172. The summed E-state index contributed by atoms with van der Waals surface area (Å²) in [4.78, 5) is 4.82. The van der Waals surface area contributed by atoms with Crippen LogP contribution in [0.4, 0.5) is 28.4 Å². The van der Waals surface area contributed by atoms with Crippen molar-refractivity contribution in [2.24, 2.45) is 0 Å². The highest BCUT2D eigenvalue weighted by atomic mass is 15.2. The SMILES string of the molecule is CC1=CC=C(N(c2ccc(C)cc2)c2ccc(C3(c4ccc(N(c5ccccc5)c5ccc(C)cc5)cc4)CCCCC3)cc2)CC1. The summed E-state index contributed by atoms with van der Waals surface area (Å²) in [7, 11) is 0. The summed E-state index contributed by atoms with van der Waals surface area (Å²) in [6.07, 6.45) is 13.0. The average Bonchev–Trinajstić information content (AvgIpc) is 3.12. The maximum atomic E-state index is 2.46. The van der Waals surface area contributed by atoms with Gasteiger partial charge in [0.15, 0.2) is 0 Å². The van der Waals surface area contributed by atoms with E-state index in [0.29, 0.717) is 0 Å². The van der Waals surface area contributed by atoms with E-state index < -0.39 is 0 Å². The number of aryl methyl sites for hydroxylation is 2. The number of allylic oxidation sites excluding steroid dienone is 4. The van der Waals surface area contributed by atoms with Gasteiger partial charge < -0.3 is 9.80 Å². The van der Waals surface area contributed by atoms with Gasteiger partial charge in [0, 0.05) is 39.5 Å². The van der Waals surface area contributed by atoms with E-state index in [-0.39, 0.29) is 5.41 Å². The largest absolute Gasteiger partial charge is 0.314 e. The van der Waals surface area contributed by atoms with E-state index in [1.165, 1.54) is 94.1 Å². The zero-order valence-corrected chi connectivity index (χ0v) is 28.1. The molecule has 0 unspecified atom stereocenters. The van der Waals surface area contributed by atoms with Crippen LogP contribution in [0.2, 0.25) is 0 Å². The molecule has 7 rings (SSSR count). The Balaban J connectivity index is 1.24. The lowest BCUT2D eigenvalue weighted by Crippen LogP contribution is -2.30. The van der Waals surface area contributed by atoms with Gasteiger partial charge in [0.1, 0.15) is 0 Å². The summed E-state index contributed by atoms with van der Waals surface area (Å²) in [5.74, 6) is 0. The third kappa shape index (κ3) is 6.43. The van der Waals surface area contributed by atoms with Crippen LogP contribution in [0.1, 0.15) is 74.1 Å². The molecule has 0 atom stereocenters. The molecule has 2 aliphatic rings. The molecule has 5 aromatic carbocycles. The molecule has 0 N–H and O–H groups in total. The molecule has 0 bridgehead atoms. The molecular formula is C45H46N2. The maximum Gasteiger partial charge on any atom is 0.0461 e. The lowest BCUT2D eigenvalue weighted by atomic mass is 9.65. The van der Waals surface area contributed by atoms with Crippen molar-refractivity contribution in [3.05, 3.63) is 173 Å². The zero-order valence-electron chi connectivity index (χ0n) is 28.1. The number of nitrogens with zero attached hydrogens (tertiary/aromatic N) is 2. The number of hydrogen-bond donors (Lipinski definition) is 0. The van der Waals surface area contributed by atoms with Crippen molar-refractivity contribution in [1.29, 1.82) is 0 Å². The third-order valence-corrected chi connectivity index (χ3v) is 10.3. The highest BCUT2D eigenvalue weighted by Crippen LogP contribution is 2.47. The van der Waals surface area contributed by atoms with Crippen molar-refractivity contribution in [2.45, 2.75) is 71.1 Å².